The second-order valence-electron chi connectivity index (χ2n) is 3.43. The first kappa shape index (κ1) is 12.7. The minimum atomic E-state index is -0.127. The summed E-state index contributed by atoms with van der Waals surface area (Å²) in [7, 11) is 0. The second-order valence-corrected chi connectivity index (χ2v) is 4.21. The monoisotopic (exact) mass is 281 g/mol. The van der Waals surface area contributed by atoms with Crippen LogP contribution in [0, 0.1) is 5.41 Å². The second kappa shape index (κ2) is 5.25. The minimum absolute atomic E-state index is 0.127. The summed E-state index contributed by atoms with van der Waals surface area (Å²) in [6.07, 6.45) is 0. The fraction of sp³-hybridized carbons (Fsp3) is 0. The van der Waals surface area contributed by atoms with Gasteiger partial charge in [-0.1, -0.05) is 35.3 Å². The van der Waals surface area contributed by atoms with Crippen molar-refractivity contribution in [3.05, 3.63) is 52.1 Å². The molecule has 3 N–H and O–H groups in total. The summed E-state index contributed by atoms with van der Waals surface area (Å²) in [5.74, 6) is 0.571. The Hall–Kier alpha value is -1.78. The molecule has 0 bridgehead atoms. The molecule has 0 aliphatic heterocycles. The zero-order valence-electron chi connectivity index (χ0n) is 9.15. The molecule has 1 aromatic heterocycles. The number of amidine groups is 1. The third-order valence-corrected chi connectivity index (χ3v) is 2.93. The Bertz CT molecular complexity index is 602. The average Bonchev–Trinajstić information content (AvgIpc) is 2.35. The summed E-state index contributed by atoms with van der Waals surface area (Å²) in [5, 5.41) is 8.01. The number of benzene rings is 1. The molecular formula is C12H9Cl2N3O. The maximum Gasteiger partial charge on any atom is 0.219 e. The molecule has 0 saturated carbocycles. The van der Waals surface area contributed by atoms with E-state index < -0.39 is 0 Å². The van der Waals surface area contributed by atoms with Crippen LogP contribution in [-0.4, -0.2) is 10.8 Å². The Morgan fingerprint density at radius 2 is 1.89 bits per heavy atom. The van der Waals surface area contributed by atoms with E-state index >= 15 is 0 Å². The van der Waals surface area contributed by atoms with E-state index in [1.807, 2.05) is 0 Å². The van der Waals surface area contributed by atoms with Crippen molar-refractivity contribution in [1.29, 1.82) is 5.41 Å². The van der Waals surface area contributed by atoms with E-state index in [1.54, 1.807) is 36.4 Å². The summed E-state index contributed by atoms with van der Waals surface area (Å²) in [6.45, 7) is 0. The number of aromatic nitrogens is 1. The summed E-state index contributed by atoms with van der Waals surface area (Å²) in [5.41, 5.74) is 5.69. The van der Waals surface area contributed by atoms with E-state index in [4.69, 9.17) is 39.1 Å². The third-order valence-electron chi connectivity index (χ3n) is 2.13. The Morgan fingerprint density at radius 1 is 1.17 bits per heavy atom. The highest BCUT2D eigenvalue weighted by Crippen LogP contribution is 2.33. The van der Waals surface area contributed by atoms with Crippen LogP contribution in [-0.2, 0) is 0 Å². The molecule has 0 saturated heterocycles. The van der Waals surface area contributed by atoms with E-state index in [-0.39, 0.29) is 5.84 Å². The van der Waals surface area contributed by atoms with Crippen molar-refractivity contribution in [2.75, 3.05) is 0 Å². The Balaban J connectivity index is 2.31. The molecule has 6 heteroatoms. The third kappa shape index (κ3) is 2.72. The van der Waals surface area contributed by atoms with Gasteiger partial charge in [0.15, 0.2) is 0 Å². The number of pyridine rings is 1. The van der Waals surface area contributed by atoms with Crippen molar-refractivity contribution >= 4 is 29.0 Å². The molecule has 1 aromatic carbocycles. The van der Waals surface area contributed by atoms with Crippen LogP contribution in [0.5, 0.6) is 11.6 Å². The highest BCUT2D eigenvalue weighted by atomic mass is 35.5. The van der Waals surface area contributed by atoms with Crippen molar-refractivity contribution in [2.45, 2.75) is 0 Å². The molecule has 2 rings (SSSR count). The molecule has 1 heterocycles. The van der Waals surface area contributed by atoms with Crippen molar-refractivity contribution < 1.29 is 4.74 Å². The quantitative estimate of drug-likeness (QED) is 0.668. The van der Waals surface area contributed by atoms with Crippen molar-refractivity contribution in [3.8, 4) is 11.6 Å². The van der Waals surface area contributed by atoms with E-state index in [0.29, 0.717) is 27.4 Å². The average molecular weight is 282 g/mol. The molecule has 0 atom stereocenters. The number of nitrogen functional groups attached to an aromatic ring is 1. The smallest absolute Gasteiger partial charge is 0.219 e. The number of rotatable bonds is 3. The Labute approximate surface area is 114 Å². The normalized spacial score (nSPS) is 10.1. The fourth-order valence-electron chi connectivity index (χ4n) is 1.30. The van der Waals surface area contributed by atoms with Gasteiger partial charge >= 0.3 is 0 Å². The van der Waals surface area contributed by atoms with Crippen LogP contribution < -0.4 is 10.5 Å². The molecule has 0 aliphatic carbocycles. The van der Waals surface area contributed by atoms with Crippen LogP contribution in [0.4, 0.5) is 0 Å². The minimum Gasteiger partial charge on any atom is -0.437 e. The zero-order chi connectivity index (χ0) is 13.1. The summed E-state index contributed by atoms with van der Waals surface area (Å²) in [4.78, 5) is 4.06. The van der Waals surface area contributed by atoms with Crippen LogP contribution in [0.25, 0.3) is 0 Å². The molecule has 0 fully saturated rings. The van der Waals surface area contributed by atoms with Gasteiger partial charge < -0.3 is 10.5 Å². The lowest BCUT2D eigenvalue weighted by Gasteiger charge is -2.08. The van der Waals surface area contributed by atoms with Gasteiger partial charge in [-0.2, -0.15) is 0 Å². The summed E-state index contributed by atoms with van der Waals surface area (Å²) < 4.78 is 5.50. The molecule has 0 unspecified atom stereocenters. The standard InChI is InChI=1S/C12H9Cl2N3O/c13-7-3-1-5-9(11(7)14)18-10-6-2-4-8(17-10)12(15)16/h1-6H,(H3,15,16). The van der Waals surface area contributed by atoms with Crippen LogP contribution in [0.15, 0.2) is 36.4 Å². The first-order chi connectivity index (χ1) is 8.58. The highest BCUT2D eigenvalue weighted by Gasteiger charge is 2.08. The maximum atomic E-state index is 7.30. The van der Waals surface area contributed by atoms with Crippen LogP contribution in [0.3, 0.4) is 0 Å². The molecule has 92 valence electrons. The van der Waals surface area contributed by atoms with Crippen molar-refractivity contribution in [2.24, 2.45) is 5.73 Å². The van der Waals surface area contributed by atoms with E-state index in [1.165, 1.54) is 0 Å². The van der Waals surface area contributed by atoms with Gasteiger partial charge in [-0.3, -0.25) is 5.41 Å². The summed E-state index contributed by atoms with van der Waals surface area (Å²) in [6, 6.07) is 10.0. The largest absolute Gasteiger partial charge is 0.437 e. The molecule has 0 aliphatic rings. The van der Waals surface area contributed by atoms with Gasteiger partial charge in [0.05, 0.1) is 5.02 Å². The molecule has 4 nitrogen and oxygen atoms in total. The maximum absolute atomic E-state index is 7.30. The molecule has 2 aromatic rings. The molecule has 0 amide bonds. The highest BCUT2D eigenvalue weighted by molar-refractivity contribution is 6.42. The number of nitrogens with one attached hydrogen (secondary N) is 1. The van der Waals surface area contributed by atoms with Crippen LogP contribution >= 0.6 is 23.2 Å². The van der Waals surface area contributed by atoms with Gasteiger partial charge in [-0.05, 0) is 18.2 Å². The van der Waals surface area contributed by atoms with Gasteiger partial charge in [0.1, 0.15) is 22.3 Å². The number of nitrogens with two attached hydrogens (primary N) is 1. The first-order valence-corrected chi connectivity index (χ1v) is 5.77. The van der Waals surface area contributed by atoms with E-state index in [0.717, 1.165) is 0 Å². The van der Waals surface area contributed by atoms with Gasteiger partial charge in [0.25, 0.3) is 0 Å². The van der Waals surface area contributed by atoms with Gasteiger partial charge in [0, 0.05) is 6.07 Å². The Kier molecular flexibility index (Phi) is 3.69. The van der Waals surface area contributed by atoms with Crippen molar-refractivity contribution in [1.82, 2.24) is 4.98 Å². The van der Waals surface area contributed by atoms with Gasteiger partial charge in [0.2, 0.25) is 5.88 Å². The number of ether oxygens (including phenoxy) is 1. The predicted octanol–water partition coefficient (Wildman–Crippen LogP) is 3.46. The zero-order valence-corrected chi connectivity index (χ0v) is 10.7. The Morgan fingerprint density at radius 3 is 2.61 bits per heavy atom. The lowest BCUT2D eigenvalue weighted by atomic mass is 10.3. The SMILES string of the molecule is N=C(N)c1cccc(Oc2cccc(Cl)c2Cl)n1. The predicted molar refractivity (Wildman–Crippen MR) is 71.8 cm³/mol. The number of hydrogen-bond donors (Lipinski definition) is 2. The molecule has 0 radical (unpaired) electrons. The number of hydrogen-bond acceptors (Lipinski definition) is 3. The van der Waals surface area contributed by atoms with Crippen LogP contribution in [0.1, 0.15) is 5.69 Å². The molecule has 18 heavy (non-hydrogen) atoms. The lowest BCUT2D eigenvalue weighted by Crippen LogP contribution is -2.13. The summed E-state index contributed by atoms with van der Waals surface area (Å²) >= 11 is 11.9. The molecule has 0 spiro atoms. The van der Waals surface area contributed by atoms with Gasteiger partial charge in [-0.15, -0.1) is 0 Å². The molecular weight excluding hydrogens is 273 g/mol. The number of halogens is 2. The van der Waals surface area contributed by atoms with Gasteiger partial charge in [-0.25, -0.2) is 4.98 Å². The number of nitrogens with zero attached hydrogens (tertiary/aromatic N) is 1. The van der Waals surface area contributed by atoms with Crippen LogP contribution in [0.2, 0.25) is 10.0 Å². The van der Waals surface area contributed by atoms with Crippen molar-refractivity contribution in [3.63, 3.8) is 0 Å². The lowest BCUT2D eigenvalue weighted by molar-refractivity contribution is 0.463. The van der Waals surface area contributed by atoms with E-state index in [9.17, 15) is 0 Å². The van der Waals surface area contributed by atoms with E-state index in [2.05, 4.69) is 4.98 Å². The topological polar surface area (TPSA) is 72.0 Å². The fourth-order valence-corrected chi connectivity index (χ4v) is 1.63. The first-order valence-electron chi connectivity index (χ1n) is 5.01.